The van der Waals surface area contributed by atoms with Gasteiger partial charge in [-0.3, -0.25) is 24.7 Å². The van der Waals surface area contributed by atoms with Crippen LogP contribution in [-0.2, 0) is 29.2 Å². The first kappa shape index (κ1) is 35.1. The minimum absolute atomic E-state index is 0.0560. The zero-order valence-corrected chi connectivity index (χ0v) is 27.7. The van der Waals surface area contributed by atoms with Crippen LogP contribution in [0.1, 0.15) is 20.3 Å². The largest absolute Gasteiger partial charge is 0.490 e. The summed E-state index contributed by atoms with van der Waals surface area (Å²) in [5.74, 6) is -2.42. The normalized spacial score (nSPS) is 17.1. The summed E-state index contributed by atoms with van der Waals surface area (Å²) in [5, 5.41) is 13.7. The quantitative estimate of drug-likeness (QED) is 0.135. The minimum atomic E-state index is -4.06. The molecule has 0 saturated carbocycles. The number of carbonyl (C=O) groups excluding carboxylic acids is 2. The van der Waals surface area contributed by atoms with Crippen LogP contribution < -0.4 is 25.0 Å². The number of rotatable bonds is 16. The zero-order valence-electron chi connectivity index (χ0n) is 26.9. The standard InChI is InChI=1S/C36H37N3O9S/c1-24(2)34(39-49(44,45)29-18-17-25-11-9-10-12-26(25)19-29)31-21-36(48-38-31,23-47-28-15-7-4-8-16-28)35(43)37-30(20-33(41)42)32(40)22-46-27-13-5-3-6-14-27/h3-19,21,24,30,34,38-39H,20,22-23H2,1-2H3,(H,37,43)(H,41,42)/t30-,34-,36?/m0/s1. The van der Waals surface area contributed by atoms with E-state index >= 15 is 0 Å². The van der Waals surface area contributed by atoms with Gasteiger partial charge in [0.15, 0.2) is 5.78 Å². The number of nitrogens with one attached hydrogen (secondary N) is 3. The van der Waals surface area contributed by atoms with Gasteiger partial charge in [-0.1, -0.05) is 80.6 Å². The van der Waals surface area contributed by atoms with Crippen LogP contribution in [0, 0.1) is 5.92 Å². The lowest BCUT2D eigenvalue weighted by molar-refractivity contribution is -0.151. The van der Waals surface area contributed by atoms with Crippen LogP contribution >= 0.6 is 0 Å². The molecule has 0 saturated heterocycles. The third-order valence-electron chi connectivity index (χ3n) is 7.83. The summed E-state index contributed by atoms with van der Waals surface area (Å²) in [4.78, 5) is 44.8. The van der Waals surface area contributed by atoms with Crippen molar-refractivity contribution < 1.29 is 42.2 Å². The van der Waals surface area contributed by atoms with Gasteiger partial charge >= 0.3 is 5.97 Å². The summed E-state index contributed by atoms with van der Waals surface area (Å²) < 4.78 is 41.4. The maximum atomic E-state index is 14.0. The summed E-state index contributed by atoms with van der Waals surface area (Å²) >= 11 is 0. The van der Waals surface area contributed by atoms with Gasteiger partial charge in [0.05, 0.1) is 23.1 Å². The molecule has 0 radical (unpaired) electrons. The van der Waals surface area contributed by atoms with Gasteiger partial charge in [0.2, 0.25) is 15.6 Å². The van der Waals surface area contributed by atoms with E-state index in [1.54, 1.807) is 86.6 Å². The lowest BCUT2D eigenvalue weighted by Crippen LogP contribution is -2.56. The summed E-state index contributed by atoms with van der Waals surface area (Å²) in [7, 11) is -4.06. The van der Waals surface area contributed by atoms with E-state index in [1.165, 1.54) is 12.1 Å². The van der Waals surface area contributed by atoms with E-state index in [9.17, 15) is 27.9 Å². The first-order chi connectivity index (χ1) is 23.5. The van der Waals surface area contributed by atoms with Crippen molar-refractivity contribution >= 4 is 38.5 Å². The van der Waals surface area contributed by atoms with Gasteiger partial charge in [-0.15, -0.1) is 0 Å². The van der Waals surface area contributed by atoms with Crippen molar-refractivity contribution in [3.63, 3.8) is 0 Å². The molecule has 0 aromatic heterocycles. The number of Topliss-reactive ketones (excluding diaryl/α,β-unsaturated/α-hetero) is 1. The highest BCUT2D eigenvalue weighted by atomic mass is 32.2. The number of carboxylic acid groups (broad SMARTS) is 1. The number of benzene rings is 4. The van der Waals surface area contributed by atoms with E-state index in [0.29, 0.717) is 11.5 Å². The second-order valence-electron chi connectivity index (χ2n) is 11.8. The first-order valence-electron chi connectivity index (χ1n) is 15.5. The number of amides is 1. The van der Waals surface area contributed by atoms with Crippen molar-refractivity contribution in [2.45, 2.75) is 42.8 Å². The maximum Gasteiger partial charge on any atom is 0.305 e. The number of hydroxylamine groups is 1. The predicted molar refractivity (Wildman–Crippen MR) is 181 cm³/mol. The molecule has 1 heterocycles. The molecule has 13 heteroatoms. The number of carbonyl (C=O) groups is 3. The average Bonchev–Trinajstić information content (AvgIpc) is 3.54. The van der Waals surface area contributed by atoms with Gasteiger partial charge in [-0.05, 0) is 59.2 Å². The molecule has 0 fully saturated rings. The summed E-state index contributed by atoms with van der Waals surface area (Å²) in [6, 6.07) is 26.9. The Kier molecular flexibility index (Phi) is 11.0. The molecule has 0 spiro atoms. The Morgan fingerprint density at radius 3 is 2.10 bits per heavy atom. The smallest absolute Gasteiger partial charge is 0.305 e. The lowest BCUT2D eigenvalue weighted by Gasteiger charge is -2.27. The number of ketones is 1. The van der Waals surface area contributed by atoms with Gasteiger partial charge < -0.3 is 19.9 Å². The molecule has 1 amide bonds. The van der Waals surface area contributed by atoms with Crippen LogP contribution in [0.2, 0.25) is 0 Å². The molecule has 4 aromatic carbocycles. The van der Waals surface area contributed by atoms with Crippen LogP contribution in [0.15, 0.2) is 120 Å². The fourth-order valence-electron chi connectivity index (χ4n) is 5.17. The molecule has 5 rings (SSSR count). The Bertz CT molecular complexity index is 1940. The van der Waals surface area contributed by atoms with E-state index in [2.05, 4.69) is 15.5 Å². The summed E-state index contributed by atoms with van der Waals surface area (Å²) in [5.41, 5.74) is 0.989. The molecule has 0 aliphatic carbocycles. The minimum Gasteiger partial charge on any atom is -0.490 e. The molecule has 0 bridgehead atoms. The third-order valence-corrected chi connectivity index (χ3v) is 9.27. The second-order valence-corrected chi connectivity index (χ2v) is 13.6. The Balaban J connectivity index is 1.42. The van der Waals surface area contributed by atoms with Gasteiger partial charge in [0, 0.05) is 0 Å². The number of para-hydroxylation sites is 2. The fourth-order valence-corrected chi connectivity index (χ4v) is 6.57. The van der Waals surface area contributed by atoms with E-state index in [0.717, 1.165) is 10.8 Å². The average molecular weight is 688 g/mol. The third kappa shape index (κ3) is 8.82. The number of ether oxygens (including phenoxy) is 2. The summed E-state index contributed by atoms with van der Waals surface area (Å²) in [6.07, 6.45) is 0.671. The van der Waals surface area contributed by atoms with Gasteiger partial charge in [0.25, 0.3) is 5.91 Å². The zero-order chi connectivity index (χ0) is 35.0. The number of fused-ring (bicyclic) bond motifs is 1. The van der Waals surface area contributed by atoms with E-state index in [1.807, 2.05) is 24.3 Å². The topological polar surface area (TPSA) is 169 Å². The highest BCUT2D eigenvalue weighted by Crippen LogP contribution is 2.28. The Labute approximate surface area is 284 Å². The SMILES string of the molecule is CC(C)[C@H](NS(=O)(=O)c1ccc2ccccc2c1)C1=CC(COc2ccccc2)(C(=O)N[C@@H](CC(=O)O)C(=O)COc2ccccc2)ON1. The molecule has 49 heavy (non-hydrogen) atoms. The van der Waals surface area contributed by atoms with Gasteiger partial charge in [0.1, 0.15) is 30.8 Å². The molecule has 1 aliphatic rings. The summed E-state index contributed by atoms with van der Waals surface area (Å²) in [6.45, 7) is 2.69. The number of sulfonamides is 1. The molecule has 3 atom stereocenters. The van der Waals surface area contributed by atoms with Crippen LogP contribution in [0.5, 0.6) is 11.5 Å². The molecular formula is C36H37N3O9S. The van der Waals surface area contributed by atoms with Crippen molar-refractivity contribution in [3.05, 3.63) is 115 Å². The van der Waals surface area contributed by atoms with E-state index in [4.69, 9.17) is 14.3 Å². The number of hydrogen-bond acceptors (Lipinski definition) is 9. The van der Waals surface area contributed by atoms with E-state index in [-0.39, 0.29) is 16.5 Å². The van der Waals surface area contributed by atoms with Crippen molar-refractivity contribution in [1.29, 1.82) is 0 Å². The second kappa shape index (κ2) is 15.3. The molecule has 12 nitrogen and oxygen atoms in total. The Morgan fingerprint density at radius 1 is 0.857 bits per heavy atom. The maximum absolute atomic E-state index is 14.0. The van der Waals surface area contributed by atoms with Gasteiger partial charge in [-0.25, -0.2) is 13.1 Å². The van der Waals surface area contributed by atoms with Crippen LogP contribution in [0.3, 0.4) is 0 Å². The first-order valence-corrected chi connectivity index (χ1v) is 17.0. The van der Waals surface area contributed by atoms with Crippen molar-refractivity contribution in [2.75, 3.05) is 13.2 Å². The van der Waals surface area contributed by atoms with Crippen molar-refractivity contribution in [3.8, 4) is 11.5 Å². The molecule has 4 aromatic rings. The molecule has 4 N–H and O–H groups in total. The molecule has 256 valence electrons. The lowest BCUT2D eigenvalue weighted by atomic mass is 9.96. The molecule has 1 unspecified atom stereocenters. The molecule has 1 aliphatic heterocycles. The van der Waals surface area contributed by atoms with Crippen molar-refractivity contribution in [1.82, 2.24) is 15.5 Å². The van der Waals surface area contributed by atoms with Crippen LogP contribution in [-0.4, -0.2) is 62.1 Å². The predicted octanol–water partition coefficient (Wildman–Crippen LogP) is 3.99. The van der Waals surface area contributed by atoms with Crippen LogP contribution in [0.4, 0.5) is 0 Å². The fraction of sp³-hybridized carbons (Fsp3) is 0.250. The monoisotopic (exact) mass is 687 g/mol. The highest BCUT2D eigenvalue weighted by molar-refractivity contribution is 7.89. The number of hydrogen-bond donors (Lipinski definition) is 4. The van der Waals surface area contributed by atoms with Crippen molar-refractivity contribution in [2.24, 2.45) is 5.92 Å². The highest BCUT2D eigenvalue weighted by Gasteiger charge is 2.47. The van der Waals surface area contributed by atoms with Crippen LogP contribution in [0.25, 0.3) is 10.8 Å². The number of carboxylic acids is 1. The Morgan fingerprint density at radius 2 is 1.47 bits per heavy atom. The van der Waals surface area contributed by atoms with Gasteiger partial charge in [-0.2, -0.15) is 0 Å². The Hall–Kier alpha value is -5.24. The van der Waals surface area contributed by atoms with E-state index < -0.39 is 65.0 Å². The number of aliphatic carboxylic acids is 1. The molecular weight excluding hydrogens is 650 g/mol.